The van der Waals surface area contributed by atoms with Crippen LogP contribution >= 0.6 is 0 Å². The van der Waals surface area contributed by atoms with Gasteiger partial charge < -0.3 is 15.3 Å². The normalized spacial score (nSPS) is 17.6. The number of likely N-dealkylation sites (tertiary alicyclic amines) is 1. The molecule has 1 fully saturated rings. The van der Waals surface area contributed by atoms with Gasteiger partial charge in [0.15, 0.2) is 0 Å². The smallest absolute Gasteiger partial charge is 0.317 e. The van der Waals surface area contributed by atoms with Gasteiger partial charge >= 0.3 is 6.03 Å². The summed E-state index contributed by atoms with van der Waals surface area (Å²) in [6, 6.07) is 8.09. The van der Waals surface area contributed by atoms with Crippen LogP contribution in [0.25, 0.3) is 0 Å². The van der Waals surface area contributed by atoms with Crippen molar-refractivity contribution in [2.24, 2.45) is 5.41 Å². The average Bonchev–Trinajstić information content (AvgIpc) is 2.54. The lowest BCUT2D eigenvalue weighted by atomic mass is 9.77. The minimum Gasteiger partial charge on any atom is -0.396 e. The molecule has 4 heteroatoms. The summed E-state index contributed by atoms with van der Waals surface area (Å²) in [7, 11) is 0. The van der Waals surface area contributed by atoms with Crippen molar-refractivity contribution in [1.29, 1.82) is 0 Å². The van der Waals surface area contributed by atoms with E-state index in [1.807, 2.05) is 23.1 Å². The molecule has 0 saturated carbocycles. The number of hydrogen-bond donors (Lipinski definition) is 2. The number of carbonyl (C=O) groups is 1. The van der Waals surface area contributed by atoms with Crippen LogP contribution in [0.2, 0.25) is 0 Å². The van der Waals surface area contributed by atoms with Crippen LogP contribution in [0.4, 0.5) is 4.79 Å². The zero-order valence-corrected chi connectivity index (χ0v) is 13.1. The lowest BCUT2D eigenvalue weighted by Gasteiger charge is -2.40. The molecule has 0 aliphatic carbocycles. The van der Waals surface area contributed by atoms with Gasteiger partial charge in [-0.3, -0.25) is 0 Å². The van der Waals surface area contributed by atoms with Crippen molar-refractivity contribution < 1.29 is 9.90 Å². The summed E-state index contributed by atoms with van der Waals surface area (Å²) in [5, 5.41) is 12.5. The molecular weight excluding hydrogens is 264 g/mol. The Bertz CT molecular complexity index is 473. The molecule has 1 aliphatic heterocycles. The molecule has 0 spiro atoms. The molecule has 1 saturated heterocycles. The first-order valence-corrected chi connectivity index (χ1v) is 7.78. The van der Waals surface area contributed by atoms with Crippen molar-refractivity contribution in [3.8, 4) is 0 Å². The second kappa shape index (κ2) is 6.94. The SMILES string of the molecule is CCC1(CO)CCN(C(=O)NCc2ccccc2C)CC1. The van der Waals surface area contributed by atoms with Gasteiger partial charge in [-0.1, -0.05) is 31.2 Å². The first-order valence-electron chi connectivity index (χ1n) is 7.78. The Morgan fingerprint density at radius 2 is 2.00 bits per heavy atom. The van der Waals surface area contributed by atoms with E-state index in [0.717, 1.165) is 37.9 Å². The van der Waals surface area contributed by atoms with E-state index in [1.165, 1.54) is 5.56 Å². The molecule has 2 rings (SSSR count). The highest BCUT2D eigenvalue weighted by Gasteiger charge is 2.33. The molecule has 1 aromatic carbocycles. The summed E-state index contributed by atoms with van der Waals surface area (Å²) in [6.07, 6.45) is 2.75. The average molecular weight is 290 g/mol. The molecule has 1 aromatic rings. The van der Waals surface area contributed by atoms with Crippen molar-refractivity contribution in [1.82, 2.24) is 10.2 Å². The van der Waals surface area contributed by atoms with E-state index in [0.29, 0.717) is 6.54 Å². The van der Waals surface area contributed by atoms with E-state index in [2.05, 4.69) is 25.2 Å². The molecule has 0 radical (unpaired) electrons. The molecule has 2 amide bonds. The lowest BCUT2D eigenvalue weighted by Crippen LogP contribution is -2.48. The van der Waals surface area contributed by atoms with Gasteiger partial charge in [-0.2, -0.15) is 0 Å². The Morgan fingerprint density at radius 1 is 1.33 bits per heavy atom. The van der Waals surface area contributed by atoms with Crippen LogP contribution in [0.15, 0.2) is 24.3 Å². The summed E-state index contributed by atoms with van der Waals surface area (Å²) < 4.78 is 0. The van der Waals surface area contributed by atoms with Gasteiger partial charge in [0.1, 0.15) is 0 Å². The predicted octanol–water partition coefficient (Wildman–Crippen LogP) is 2.69. The summed E-state index contributed by atoms with van der Waals surface area (Å²) in [6.45, 7) is 6.43. The Hall–Kier alpha value is -1.55. The molecule has 0 atom stereocenters. The van der Waals surface area contributed by atoms with Crippen LogP contribution in [-0.4, -0.2) is 35.7 Å². The van der Waals surface area contributed by atoms with Gasteiger partial charge in [0.05, 0.1) is 0 Å². The number of hydrogen-bond acceptors (Lipinski definition) is 2. The van der Waals surface area contributed by atoms with Crippen LogP contribution in [-0.2, 0) is 6.54 Å². The van der Waals surface area contributed by atoms with Gasteiger partial charge in [0.2, 0.25) is 0 Å². The zero-order chi connectivity index (χ0) is 15.3. The fourth-order valence-corrected chi connectivity index (χ4v) is 2.90. The molecule has 0 bridgehead atoms. The number of aliphatic hydroxyl groups is 1. The number of aryl methyl sites for hydroxylation is 1. The van der Waals surface area contributed by atoms with E-state index < -0.39 is 0 Å². The van der Waals surface area contributed by atoms with E-state index in [-0.39, 0.29) is 18.1 Å². The van der Waals surface area contributed by atoms with Crippen molar-refractivity contribution in [2.75, 3.05) is 19.7 Å². The molecule has 0 unspecified atom stereocenters. The van der Waals surface area contributed by atoms with E-state index in [4.69, 9.17) is 0 Å². The van der Waals surface area contributed by atoms with E-state index >= 15 is 0 Å². The predicted molar refractivity (Wildman–Crippen MR) is 84.0 cm³/mol. The Labute approximate surface area is 127 Å². The van der Waals surface area contributed by atoms with Crippen LogP contribution in [0.5, 0.6) is 0 Å². The Balaban J connectivity index is 1.84. The van der Waals surface area contributed by atoms with Gasteiger partial charge in [0, 0.05) is 26.2 Å². The van der Waals surface area contributed by atoms with Crippen molar-refractivity contribution in [2.45, 2.75) is 39.7 Å². The first kappa shape index (κ1) is 15.8. The molecule has 21 heavy (non-hydrogen) atoms. The van der Waals surface area contributed by atoms with E-state index in [1.54, 1.807) is 0 Å². The molecule has 0 aromatic heterocycles. The first-order chi connectivity index (χ1) is 10.1. The van der Waals surface area contributed by atoms with Gasteiger partial charge in [0.25, 0.3) is 0 Å². The number of amides is 2. The number of carbonyl (C=O) groups excluding carboxylic acids is 1. The number of rotatable bonds is 4. The minimum atomic E-state index is 0.000830. The van der Waals surface area contributed by atoms with Gasteiger partial charge in [-0.25, -0.2) is 4.79 Å². The van der Waals surface area contributed by atoms with Gasteiger partial charge in [-0.05, 0) is 42.7 Å². The van der Waals surface area contributed by atoms with Gasteiger partial charge in [-0.15, -0.1) is 0 Å². The highest BCUT2D eigenvalue weighted by Crippen LogP contribution is 2.34. The number of urea groups is 1. The summed E-state index contributed by atoms with van der Waals surface area (Å²) >= 11 is 0. The molecule has 4 nitrogen and oxygen atoms in total. The van der Waals surface area contributed by atoms with Crippen LogP contribution in [0.1, 0.15) is 37.3 Å². The van der Waals surface area contributed by atoms with Crippen molar-refractivity contribution in [3.05, 3.63) is 35.4 Å². The molecule has 1 aliphatic rings. The number of nitrogens with zero attached hydrogens (tertiary/aromatic N) is 1. The highest BCUT2D eigenvalue weighted by atomic mass is 16.3. The monoisotopic (exact) mass is 290 g/mol. The quantitative estimate of drug-likeness (QED) is 0.896. The third kappa shape index (κ3) is 3.76. The second-order valence-corrected chi connectivity index (χ2v) is 6.08. The lowest BCUT2D eigenvalue weighted by molar-refractivity contribution is 0.0519. The molecule has 2 N–H and O–H groups in total. The second-order valence-electron chi connectivity index (χ2n) is 6.08. The summed E-state index contributed by atoms with van der Waals surface area (Å²) in [4.78, 5) is 14.1. The maximum absolute atomic E-state index is 12.2. The maximum Gasteiger partial charge on any atom is 0.317 e. The van der Waals surface area contributed by atoms with Crippen LogP contribution in [0.3, 0.4) is 0 Å². The molecule has 116 valence electrons. The number of piperidine rings is 1. The van der Waals surface area contributed by atoms with Crippen molar-refractivity contribution in [3.63, 3.8) is 0 Å². The molecular formula is C17H26N2O2. The highest BCUT2D eigenvalue weighted by molar-refractivity contribution is 5.74. The third-order valence-electron chi connectivity index (χ3n) is 4.89. The topological polar surface area (TPSA) is 52.6 Å². The minimum absolute atomic E-state index is 0.000830. The maximum atomic E-state index is 12.2. The summed E-state index contributed by atoms with van der Waals surface area (Å²) in [5.41, 5.74) is 2.37. The van der Waals surface area contributed by atoms with Crippen LogP contribution < -0.4 is 5.32 Å². The van der Waals surface area contributed by atoms with E-state index in [9.17, 15) is 9.90 Å². The fraction of sp³-hybridized carbons (Fsp3) is 0.588. The number of nitrogens with one attached hydrogen (secondary N) is 1. The fourth-order valence-electron chi connectivity index (χ4n) is 2.90. The number of benzene rings is 1. The molecule has 1 heterocycles. The number of aliphatic hydroxyl groups excluding tert-OH is 1. The largest absolute Gasteiger partial charge is 0.396 e. The van der Waals surface area contributed by atoms with Crippen LogP contribution in [0, 0.1) is 12.3 Å². The Morgan fingerprint density at radius 3 is 2.57 bits per heavy atom. The summed E-state index contributed by atoms with van der Waals surface area (Å²) in [5.74, 6) is 0. The van der Waals surface area contributed by atoms with Crippen molar-refractivity contribution >= 4 is 6.03 Å². The third-order valence-corrected chi connectivity index (χ3v) is 4.89. The zero-order valence-electron chi connectivity index (χ0n) is 13.1. The Kier molecular flexibility index (Phi) is 5.23. The standard InChI is InChI=1S/C17H26N2O2/c1-3-17(13-20)8-10-19(11-9-17)16(21)18-12-15-7-5-4-6-14(15)2/h4-7,20H,3,8-13H2,1-2H3,(H,18,21).